The van der Waals surface area contributed by atoms with Gasteiger partial charge in [0.2, 0.25) is 9.47 Å². The molecule has 1 amide bonds. The second-order valence-electron chi connectivity index (χ2n) is 3.13. The quantitative estimate of drug-likeness (QED) is 0.896. The number of halogens is 1. The number of nitrogens with one attached hydrogen (secondary N) is 1. The first-order chi connectivity index (χ1) is 7.66. The summed E-state index contributed by atoms with van der Waals surface area (Å²) in [5, 5.41) is 14.0. The molecule has 0 radical (unpaired) electrons. The molecule has 0 saturated carbocycles. The van der Waals surface area contributed by atoms with E-state index >= 15 is 0 Å². The molecule has 0 aliphatic heterocycles. The van der Waals surface area contributed by atoms with E-state index in [1.54, 1.807) is 19.4 Å². The number of amides is 1. The number of rotatable bonds is 3. The molecule has 0 aromatic carbocycles. The third-order valence-corrected chi connectivity index (χ3v) is 2.91. The average Bonchev–Trinajstić information content (AvgIpc) is 2.88. The summed E-state index contributed by atoms with van der Waals surface area (Å²) in [7, 11) is 1.69. The van der Waals surface area contributed by atoms with Gasteiger partial charge in [0.05, 0.1) is 6.20 Å². The van der Waals surface area contributed by atoms with Gasteiger partial charge in [0, 0.05) is 25.4 Å². The maximum Gasteiger partial charge on any atom is 0.284 e. The predicted octanol–water partition coefficient (Wildman–Crippen LogP) is 1.19. The van der Waals surface area contributed by atoms with E-state index in [0.717, 1.165) is 16.9 Å². The molecule has 2 aromatic rings. The van der Waals surface area contributed by atoms with Crippen LogP contribution in [0.5, 0.6) is 0 Å². The second kappa shape index (κ2) is 4.58. The van der Waals surface area contributed by atoms with Crippen molar-refractivity contribution in [2.24, 2.45) is 0 Å². The van der Waals surface area contributed by atoms with Gasteiger partial charge in [0.1, 0.15) is 0 Å². The van der Waals surface area contributed by atoms with Crippen molar-refractivity contribution in [1.82, 2.24) is 25.3 Å². The van der Waals surface area contributed by atoms with Gasteiger partial charge < -0.3 is 4.90 Å². The van der Waals surface area contributed by atoms with Crippen LogP contribution < -0.4 is 0 Å². The van der Waals surface area contributed by atoms with Gasteiger partial charge in [0.15, 0.2) is 0 Å². The van der Waals surface area contributed by atoms with E-state index in [2.05, 4.69) is 20.4 Å². The number of aromatic amines is 1. The molecule has 2 rings (SSSR count). The molecule has 2 heterocycles. The molecule has 0 fully saturated rings. The molecule has 2 aromatic heterocycles. The van der Waals surface area contributed by atoms with Crippen molar-refractivity contribution < 1.29 is 4.79 Å². The summed E-state index contributed by atoms with van der Waals surface area (Å²) < 4.78 is 0.264. The molecule has 0 saturated heterocycles. The molecule has 0 aliphatic carbocycles. The van der Waals surface area contributed by atoms with Crippen molar-refractivity contribution in [3.05, 3.63) is 27.4 Å². The highest BCUT2D eigenvalue weighted by Gasteiger charge is 2.17. The number of carbonyl (C=O) groups is 1. The highest BCUT2D eigenvalue weighted by Crippen LogP contribution is 2.16. The van der Waals surface area contributed by atoms with Gasteiger partial charge in [0.25, 0.3) is 5.91 Å². The van der Waals surface area contributed by atoms with Gasteiger partial charge >= 0.3 is 0 Å². The second-order valence-corrected chi connectivity index (χ2v) is 4.69. The van der Waals surface area contributed by atoms with Crippen molar-refractivity contribution in [3.63, 3.8) is 0 Å². The summed E-state index contributed by atoms with van der Waals surface area (Å²) in [6.45, 7) is 0.465. The molecule has 0 bridgehead atoms. The normalized spacial score (nSPS) is 10.4. The molecule has 0 unspecified atom stereocenters. The Morgan fingerprint density at radius 1 is 1.62 bits per heavy atom. The lowest BCUT2D eigenvalue weighted by atomic mass is 10.3. The maximum atomic E-state index is 11.8. The van der Waals surface area contributed by atoms with Crippen molar-refractivity contribution >= 4 is 28.8 Å². The molecule has 84 valence electrons. The molecular weight excluding hydrogens is 250 g/mol. The SMILES string of the molecule is CN(Cc1cn[nH]c1)C(=O)c1nnc(Cl)s1. The third-order valence-electron chi connectivity index (χ3n) is 1.90. The zero-order valence-electron chi connectivity index (χ0n) is 8.35. The lowest BCUT2D eigenvalue weighted by Gasteiger charge is -2.13. The van der Waals surface area contributed by atoms with Crippen molar-refractivity contribution in [3.8, 4) is 0 Å². The van der Waals surface area contributed by atoms with Gasteiger partial charge in [-0.25, -0.2) is 0 Å². The van der Waals surface area contributed by atoms with Crippen LogP contribution in [0.1, 0.15) is 15.4 Å². The van der Waals surface area contributed by atoms with Crippen LogP contribution in [0.2, 0.25) is 4.47 Å². The van der Waals surface area contributed by atoms with Gasteiger partial charge in [-0.3, -0.25) is 9.89 Å². The minimum Gasteiger partial charge on any atom is -0.335 e. The third kappa shape index (κ3) is 2.37. The van der Waals surface area contributed by atoms with E-state index in [0.29, 0.717) is 6.54 Å². The zero-order chi connectivity index (χ0) is 11.5. The number of hydrogen-bond donors (Lipinski definition) is 1. The summed E-state index contributed by atoms with van der Waals surface area (Å²) >= 11 is 6.68. The fourth-order valence-corrected chi connectivity index (χ4v) is 1.99. The monoisotopic (exact) mass is 257 g/mol. The molecule has 8 heteroatoms. The number of nitrogens with zero attached hydrogens (tertiary/aromatic N) is 4. The smallest absolute Gasteiger partial charge is 0.284 e. The molecule has 16 heavy (non-hydrogen) atoms. The standard InChI is InChI=1S/C8H8ClN5OS/c1-14(4-5-2-10-11-3-5)7(15)6-12-13-8(9)16-6/h2-3H,4H2,1H3,(H,10,11). The molecule has 1 N–H and O–H groups in total. The largest absolute Gasteiger partial charge is 0.335 e. The molecule has 0 spiro atoms. The summed E-state index contributed by atoms with van der Waals surface area (Å²) in [4.78, 5) is 13.4. The van der Waals surface area contributed by atoms with Crippen LogP contribution >= 0.6 is 22.9 Å². The van der Waals surface area contributed by atoms with E-state index in [1.807, 2.05) is 0 Å². The van der Waals surface area contributed by atoms with Crippen LogP contribution in [-0.4, -0.2) is 38.2 Å². The van der Waals surface area contributed by atoms with Crippen LogP contribution in [0.3, 0.4) is 0 Å². The van der Waals surface area contributed by atoms with Crippen LogP contribution in [0.15, 0.2) is 12.4 Å². The maximum absolute atomic E-state index is 11.8. The first-order valence-electron chi connectivity index (χ1n) is 4.39. The Kier molecular flexibility index (Phi) is 3.16. The van der Waals surface area contributed by atoms with Gasteiger partial charge in [-0.2, -0.15) is 5.10 Å². The van der Waals surface area contributed by atoms with Crippen LogP contribution in [-0.2, 0) is 6.54 Å². The van der Waals surface area contributed by atoms with Gasteiger partial charge in [-0.1, -0.05) is 11.3 Å². The number of hydrogen-bond acceptors (Lipinski definition) is 5. The Bertz CT molecular complexity index is 482. The van der Waals surface area contributed by atoms with Crippen LogP contribution in [0.4, 0.5) is 0 Å². The van der Waals surface area contributed by atoms with Crippen molar-refractivity contribution in [2.45, 2.75) is 6.54 Å². The summed E-state index contributed by atoms with van der Waals surface area (Å²) in [6.07, 6.45) is 3.40. The Labute approximate surface area is 100 Å². The predicted molar refractivity (Wildman–Crippen MR) is 59.3 cm³/mol. The van der Waals surface area contributed by atoms with Crippen molar-refractivity contribution in [1.29, 1.82) is 0 Å². The summed E-state index contributed by atoms with van der Waals surface area (Å²) in [5.41, 5.74) is 0.923. The minimum atomic E-state index is -0.203. The lowest BCUT2D eigenvalue weighted by Crippen LogP contribution is -2.25. The highest BCUT2D eigenvalue weighted by molar-refractivity contribution is 7.17. The number of carbonyl (C=O) groups excluding carboxylic acids is 1. The topological polar surface area (TPSA) is 74.8 Å². The molecule has 0 atom stereocenters. The van der Waals surface area contributed by atoms with E-state index in [4.69, 9.17) is 11.6 Å². The van der Waals surface area contributed by atoms with Crippen LogP contribution in [0.25, 0.3) is 0 Å². The lowest BCUT2D eigenvalue weighted by molar-refractivity contribution is 0.0784. The Hall–Kier alpha value is -1.47. The summed E-state index contributed by atoms with van der Waals surface area (Å²) in [5.74, 6) is -0.203. The Balaban J connectivity index is 2.05. The van der Waals surface area contributed by atoms with E-state index in [1.165, 1.54) is 4.90 Å². The molecule has 6 nitrogen and oxygen atoms in total. The first kappa shape index (κ1) is 11.0. The fraction of sp³-hybridized carbons (Fsp3) is 0.250. The fourth-order valence-electron chi connectivity index (χ4n) is 1.16. The number of H-pyrrole nitrogens is 1. The van der Waals surface area contributed by atoms with Crippen molar-refractivity contribution in [2.75, 3.05) is 7.05 Å². The average molecular weight is 258 g/mol. The van der Waals surface area contributed by atoms with Gasteiger partial charge in [-0.15, -0.1) is 10.2 Å². The molecule has 0 aliphatic rings. The first-order valence-corrected chi connectivity index (χ1v) is 5.58. The zero-order valence-corrected chi connectivity index (χ0v) is 9.92. The van der Waals surface area contributed by atoms with E-state index in [-0.39, 0.29) is 15.4 Å². The van der Waals surface area contributed by atoms with Crippen LogP contribution in [0, 0.1) is 0 Å². The Morgan fingerprint density at radius 2 is 2.44 bits per heavy atom. The van der Waals surface area contributed by atoms with E-state index in [9.17, 15) is 4.79 Å². The molecular formula is C8H8ClN5OS. The van der Waals surface area contributed by atoms with Gasteiger partial charge in [-0.05, 0) is 11.6 Å². The minimum absolute atomic E-state index is 0.203. The van der Waals surface area contributed by atoms with E-state index < -0.39 is 0 Å². The summed E-state index contributed by atoms with van der Waals surface area (Å²) in [6, 6.07) is 0. The highest BCUT2D eigenvalue weighted by atomic mass is 35.5. The number of aromatic nitrogens is 4. The Morgan fingerprint density at radius 3 is 3.00 bits per heavy atom.